The first-order chi connectivity index (χ1) is 8.73. The first-order valence-corrected chi connectivity index (χ1v) is 7.18. The second-order valence-corrected chi connectivity index (χ2v) is 7.17. The Kier molecular flexibility index (Phi) is 3.53. The Morgan fingerprint density at radius 2 is 1.79 bits per heavy atom. The smallest absolute Gasteiger partial charge is 0.0659 e. The highest BCUT2D eigenvalue weighted by Crippen LogP contribution is 2.70. The second-order valence-electron chi connectivity index (χ2n) is 7.17. The topological polar surface area (TPSA) is 46.2 Å². The number of benzene rings is 1. The van der Waals surface area contributed by atoms with Gasteiger partial charge in [0.1, 0.15) is 0 Å². The molecule has 0 heterocycles. The van der Waals surface area contributed by atoms with Crippen molar-refractivity contribution in [3.8, 4) is 0 Å². The molecular formula is C17H27NO. The SMILES string of the molecule is Cc1cccc(C(CN)C(O)C2C(C)(C)C2(C)C)c1. The Morgan fingerprint density at radius 3 is 2.21 bits per heavy atom. The second kappa shape index (κ2) is 4.60. The Morgan fingerprint density at radius 1 is 1.21 bits per heavy atom. The molecule has 0 aromatic heterocycles. The van der Waals surface area contributed by atoms with Crippen LogP contribution in [0.25, 0.3) is 0 Å². The summed E-state index contributed by atoms with van der Waals surface area (Å²) in [7, 11) is 0. The maximum Gasteiger partial charge on any atom is 0.0659 e. The van der Waals surface area contributed by atoms with E-state index in [4.69, 9.17) is 5.73 Å². The van der Waals surface area contributed by atoms with Gasteiger partial charge in [0.25, 0.3) is 0 Å². The Bertz CT molecular complexity index is 450. The third-order valence-electron chi connectivity index (χ3n) is 5.61. The normalized spacial score (nSPS) is 23.9. The van der Waals surface area contributed by atoms with Crippen molar-refractivity contribution < 1.29 is 5.11 Å². The van der Waals surface area contributed by atoms with Crippen molar-refractivity contribution in [2.75, 3.05) is 6.54 Å². The van der Waals surface area contributed by atoms with E-state index in [1.807, 2.05) is 6.07 Å². The van der Waals surface area contributed by atoms with Crippen molar-refractivity contribution >= 4 is 0 Å². The number of aryl methyl sites for hydroxylation is 1. The van der Waals surface area contributed by atoms with E-state index in [1.165, 1.54) is 5.56 Å². The summed E-state index contributed by atoms with van der Waals surface area (Å²) in [5, 5.41) is 10.8. The summed E-state index contributed by atoms with van der Waals surface area (Å²) in [5.41, 5.74) is 8.69. The van der Waals surface area contributed by atoms with Crippen molar-refractivity contribution in [2.24, 2.45) is 22.5 Å². The number of rotatable bonds is 4. The Labute approximate surface area is 117 Å². The number of hydrogen-bond acceptors (Lipinski definition) is 2. The quantitative estimate of drug-likeness (QED) is 0.875. The number of hydrogen-bond donors (Lipinski definition) is 2. The zero-order valence-electron chi connectivity index (χ0n) is 12.8. The van der Waals surface area contributed by atoms with Gasteiger partial charge in [0.05, 0.1) is 6.10 Å². The van der Waals surface area contributed by atoms with Gasteiger partial charge in [0.15, 0.2) is 0 Å². The molecule has 2 heteroatoms. The molecular weight excluding hydrogens is 234 g/mol. The number of aliphatic hydroxyl groups excluding tert-OH is 1. The molecule has 106 valence electrons. The summed E-state index contributed by atoms with van der Waals surface area (Å²) in [6.07, 6.45) is -0.364. The largest absolute Gasteiger partial charge is 0.392 e. The van der Waals surface area contributed by atoms with E-state index in [0.717, 1.165) is 5.56 Å². The molecule has 1 saturated carbocycles. The van der Waals surface area contributed by atoms with E-state index < -0.39 is 0 Å². The third kappa shape index (κ3) is 2.21. The van der Waals surface area contributed by atoms with Gasteiger partial charge in [-0.15, -0.1) is 0 Å². The van der Waals surface area contributed by atoms with Crippen molar-refractivity contribution in [1.29, 1.82) is 0 Å². The molecule has 0 radical (unpaired) electrons. The highest BCUT2D eigenvalue weighted by molar-refractivity contribution is 5.29. The van der Waals surface area contributed by atoms with E-state index in [9.17, 15) is 5.11 Å². The highest BCUT2D eigenvalue weighted by Gasteiger charge is 2.67. The van der Waals surface area contributed by atoms with E-state index in [0.29, 0.717) is 12.5 Å². The fraction of sp³-hybridized carbons (Fsp3) is 0.647. The van der Waals surface area contributed by atoms with Crippen LogP contribution in [0.5, 0.6) is 0 Å². The van der Waals surface area contributed by atoms with Gasteiger partial charge in [0, 0.05) is 12.5 Å². The third-order valence-corrected chi connectivity index (χ3v) is 5.61. The average Bonchev–Trinajstić information content (AvgIpc) is 2.70. The Hall–Kier alpha value is -0.860. The van der Waals surface area contributed by atoms with Gasteiger partial charge in [-0.25, -0.2) is 0 Å². The van der Waals surface area contributed by atoms with Crippen molar-refractivity contribution in [3.05, 3.63) is 35.4 Å². The summed E-state index contributed by atoms with van der Waals surface area (Å²) < 4.78 is 0. The summed E-state index contributed by atoms with van der Waals surface area (Å²) in [6.45, 7) is 11.5. The molecule has 1 fully saturated rings. The standard InChI is InChI=1S/C17H27NO/c1-11-7-6-8-12(9-11)13(10-18)14(19)15-16(2,3)17(15,4)5/h6-9,13-15,19H,10,18H2,1-5H3. The predicted molar refractivity (Wildman–Crippen MR) is 80.0 cm³/mol. The molecule has 1 aromatic rings. The van der Waals surface area contributed by atoms with E-state index >= 15 is 0 Å². The maximum atomic E-state index is 10.8. The minimum Gasteiger partial charge on any atom is -0.392 e. The fourth-order valence-corrected chi connectivity index (χ4v) is 3.71. The van der Waals surface area contributed by atoms with Crippen LogP contribution >= 0.6 is 0 Å². The maximum absolute atomic E-state index is 10.8. The molecule has 1 aliphatic rings. The molecule has 0 amide bonds. The van der Waals surface area contributed by atoms with Crippen molar-refractivity contribution in [2.45, 2.75) is 46.6 Å². The van der Waals surface area contributed by atoms with E-state index in [-0.39, 0.29) is 22.9 Å². The van der Waals surface area contributed by atoms with Gasteiger partial charge >= 0.3 is 0 Å². The monoisotopic (exact) mass is 261 g/mol. The summed E-state index contributed by atoms with van der Waals surface area (Å²) in [5.74, 6) is 0.347. The molecule has 2 unspecified atom stereocenters. The van der Waals surface area contributed by atoms with Crippen molar-refractivity contribution in [3.63, 3.8) is 0 Å². The molecule has 3 N–H and O–H groups in total. The van der Waals surface area contributed by atoms with Crippen LogP contribution in [-0.2, 0) is 0 Å². The van der Waals surface area contributed by atoms with Crippen LogP contribution in [0.2, 0.25) is 0 Å². The Balaban J connectivity index is 2.25. The van der Waals surface area contributed by atoms with Gasteiger partial charge in [-0.3, -0.25) is 0 Å². The molecule has 0 spiro atoms. The number of aliphatic hydroxyl groups is 1. The lowest BCUT2D eigenvalue weighted by atomic mass is 9.87. The molecule has 0 aliphatic heterocycles. The predicted octanol–water partition coefficient (Wildman–Crippen LogP) is 3.08. The van der Waals surface area contributed by atoms with Crippen LogP contribution in [-0.4, -0.2) is 17.8 Å². The van der Waals surface area contributed by atoms with Gasteiger partial charge in [-0.05, 0) is 29.2 Å². The lowest BCUT2D eigenvalue weighted by molar-refractivity contribution is 0.102. The number of nitrogens with two attached hydrogens (primary N) is 1. The lowest BCUT2D eigenvalue weighted by Gasteiger charge is -2.24. The van der Waals surface area contributed by atoms with Gasteiger partial charge in [-0.1, -0.05) is 57.5 Å². The summed E-state index contributed by atoms with van der Waals surface area (Å²) in [4.78, 5) is 0. The molecule has 0 bridgehead atoms. The summed E-state index contributed by atoms with van der Waals surface area (Å²) >= 11 is 0. The molecule has 2 rings (SSSR count). The van der Waals surface area contributed by atoms with Crippen LogP contribution in [0.4, 0.5) is 0 Å². The lowest BCUT2D eigenvalue weighted by Crippen LogP contribution is -2.29. The van der Waals surface area contributed by atoms with Crippen LogP contribution in [0, 0.1) is 23.7 Å². The first kappa shape index (κ1) is 14.5. The van der Waals surface area contributed by atoms with Crippen molar-refractivity contribution in [1.82, 2.24) is 0 Å². The minimum atomic E-state index is -0.364. The van der Waals surface area contributed by atoms with Crippen LogP contribution in [0.3, 0.4) is 0 Å². The molecule has 2 nitrogen and oxygen atoms in total. The average molecular weight is 261 g/mol. The van der Waals surface area contributed by atoms with Gasteiger partial charge in [0.2, 0.25) is 0 Å². The summed E-state index contributed by atoms with van der Waals surface area (Å²) in [6, 6.07) is 8.34. The van der Waals surface area contributed by atoms with E-state index in [2.05, 4.69) is 52.8 Å². The first-order valence-electron chi connectivity index (χ1n) is 7.18. The zero-order chi connectivity index (χ0) is 14.4. The molecule has 2 atom stereocenters. The molecule has 0 saturated heterocycles. The van der Waals surface area contributed by atoms with Crippen LogP contribution in [0.1, 0.15) is 44.7 Å². The van der Waals surface area contributed by atoms with Crippen LogP contribution in [0.15, 0.2) is 24.3 Å². The highest BCUT2D eigenvalue weighted by atomic mass is 16.3. The van der Waals surface area contributed by atoms with E-state index in [1.54, 1.807) is 0 Å². The minimum absolute atomic E-state index is 0.0333. The fourth-order valence-electron chi connectivity index (χ4n) is 3.71. The van der Waals surface area contributed by atoms with Crippen LogP contribution < -0.4 is 5.73 Å². The van der Waals surface area contributed by atoms with Gasteiger partial charge in [-0.2, -0.15) is 0 Å². The molecule has 19 heavy (non-hydrogen) atoms. The molecule has 1 aliphatic carbocycles. The zero-order valence-corrected chi connectivity index (χ0v) is 12.8. The van der Waals surface area contributed by atoms with Gasteiger partial charge < -0.3 is 10.8 Å². The molecule has 1 aromatic carbocycles.